The van der Waals surface area contributed by atoms with E-state index in [1.54, 1.807) is 36.4 Å². The molecule has 0 aromatic heterocycles. The lowest BCUT2D eigenvalue weighted by Crippen LogP contribution is -2.38. The minimum atomic E-state index is -2.45. The third-order valence-electron chi connectivity index (χ3n) is 3.30. The number of esters is 1. The summed E-state index contributed by atoms with van der Waals surface area (Å²) in [6, 6.07) is 16.1. The van der Waals surface area contributed by atoms with Crippen molar-refractivity contribution in [2.24, 2.45) is 0 Å². The number of hydrogen-bond acceptors (Lipinski definition) is 5. The number of benzene rings is 2. The molecule has 0 radical (unpaired) electrons. The summed E-state index contributed by atoms with van der Waals surface area (Å²) in [6.07, 6.45) is 0. The molecule has 2 rings (SSSR count). The second-order valence-electron chi connectivity index (χ2n) is 5.01. The van der Waals surface area contributed by atoms with Crippen LogP contribution in [0.5, 0.6) is 0 Å². The van der Waals surface area contributed by atoms with E-state index in [1.807, 2.05) is 0 Å². The van der Waals surface area contributed by atoms with Gasteiger partial charge in [-0.3, -0.25) is 4.79 Å². The maximum absolute atomic E-state index is 15.7. The molecule has 6 heteroatoms. The topological polar surface area (TPSA) is 64.6 Å². The van der Waals surface area contributed by atoms with Gasteiger partial charge in [0, 0.05) is 18.1 Å². The van der Waals surface area contributed by atoms with Crippen LogP contribution < -0.4 is 5.48 Å². The smallest absolute Gasteiger partial charge is 0.372 e. The molecular formula is C18H18FNO4. The van der Waals surface area contributed by atoms with Crippen molar-refractivity contribution in [2.45, 2.75) is 12.6 Å². The number of alkyl halides is 1. The number of rotatable bonds is 7. The highest BCUT2D eigenvalue weighted by Gasteiger charge is 2.44. The molecule has 0 amide bonds. The van der Waals surface area contributed by atoms with Crippen LogP contribution in [0, 0.1) is 0 Å². The molecule has 0 aliphatic carbocycles. The Morgan fingerprint density at radius 2 is 1.50 bits per heavy atom. The first kappa shape index (κ1) is 17.6. The molecule has 0 fully saturated rings. The molecule has 1 N–H and O–H groups in total. The van der Waals surface area contributed by atoms with Crippen molar-refractivity contribution in [1.82, 2.24) is 5.48 Å². The number of hydroxylamine groups is 1. The fourth-order valence-electron chi connectivity index (χ4n) is 2.16. The van der Waals surface area contributed by atoms with Crippen LogP contribution in [0.15, 0.2) is 60.7 Å². The monoisotopic (exact) mass is 331 g/mol. The van der Waals surface area contributed by atoms with E-state index in [9.17, 15) is 9.59 Å². The van der Waals surface area contributed by atoms with Gasteiger partial charge in [-0.2, -0.15) is 0 Å². The lowest BCUT2D eigenvalue weighted by atomic mass is 9.88. The quantitative estimate of drug-likeness (QED) is 0.480. The summed E-state index contributed by atoms with van der Waals surface area (Å²) in [5, 5.41) is 0. The highest BCUT2D eigenvalue weighted by atomic mass is 19.1. The molecular weight excluding hydrogens is 313 g/mol. The number of carbonyl (C=O) groups excluding carboxylic acids is 2. The lowest BCUT2D eigenvalue weighted by Gasteiger charge is -2.24. The molecule has 0 unspecified atom stereocenters. The maximum Gasteiger partial charge on any atom is 0.372 e. The zero-order valence-electron chi connectivity index (χ0n) is 13.2. The normalized spacial score (nSPS) is 10.9. The summed E-state index contributed by atoms with van der Waals surface area (Å²) in [5.74, 6) is -1.54. The molecule has 126 valence electrons. The van der Waals surface area contributed by atoms with Gasteiger partial charge in [0.25, 0.3) is 5.67 Å². The van der Waals surface area contributed by atoms with Crippen molar-refractivity contribution in [2.75, 3.05) is 13.2 Å². The predicted molar refractivity (Wildman–Crippen MR) is 85.5 cm³/mol. The Morgan fingerprint density at radius 1 is 1.00 bits per heavy atom. The summed E-state index contributed by atoms with van der Waals surface area (Å²) in [5.41, 5.74) is 0.210. The number of ether oxygens (including phenoxy) is 1. The van der Waals surface area contributed by atoms with Crippen molar-refractivity contribution >= 4 is 11.9 Å². The summed E-state index contributed by atoms with van der Waals surface area (Å²) in [7, 11) is 0. The standard InChI is InChI=1S/C18H18FNO4/c1-14(21)23-13-12-20-24-17(22)18(19,15-8-4-2-5-9-15)16-10-6-3-7-11-16/h2-11,20H,12-13H2,1H3. The average Bonchev–Trinajstić information content (AvgIpc) is 2.61. The number of nitrogens with one attached hydrogen (secondary N) is 1. The molecule has 0 saturated heterocycles. The molecule has 0 saturated carbocycles. The van der Waals surface area contributed by atoms with Gasteiger partial charge in [0.1, 0.15) is 6.61 Å². The van der Waals surface area contributed by atoms with E-state index in [4.69, 9.17) is 9.57 Å². The van der Waals surface area contributed by atoms with Gasteiger partial charge >= 0.3 is 11.9 Å². The number of halogens is 1. The van der Waals surface area contributed by atoms with Gasteiger partial charge in [-0.05, 0) is 0 Å². The number of carbonyl (C=O) groups is 2. The molecule has 0 heterocycles. The summed E-state index contributed by atoms with van der Waals surface area (Å²) in [6.45, 7) is 1.34. The van der Waals surface area contributed by atoms with E-state index < -0.39 is 17.6 Å². The zero-order valence-corrected chi connectivity index (χ0v) is 13.2. The first-order chi connectivity index (χ1) is 11.5. The first-order valence-corrected chi connectivity index (χ1v) is 7.42. The Bertz CT molecular complexity index is 636. The van der Waals surface area contributed by atoms with Crippen LogP contribution in [-0.2, 0) is 24.8 Å². The Kier molecular flexibility index (Phi) is 6.03. The molecule has 5 nitrogen and oxygen atoms in total. The van der Waals surface area contributed by atoms with Crippen LogP contribution in [0.2, 0.25) is 0 Å². The number of hydrogen-bond donors (Lipinski definition) is 1. The van der Waals surface area contributed by atoms with Crippen molar-refractivity contribution in [1.29, 1.82) is 0 Å². The van der Waals surface area contributed by atoms with Gasteiger partial charge in [-0.1, -0.05) is 60.7 Å². The predicted octanol–water partition coefficient (Wildman–Crippen LogP) is 2.51. The van der Waals surface area contributed by atoms with E-state index in [0.717, 1.165) is 0 Å². The SMILES string of the molecule is CC(=O)OCCNOC(=O)C(F)(c1ccccc1)c1ccccc1. The lowest BCUT2D eigenvalue weighted by molar-refractivity contribution is -0.164. The van der Waals surface area contributed by atoms with Crippen molar-refractivity contribution < 1.29 is 23.6 Å². The van der Waals surface area contributed by atoms with Gasteiger partial charge in [0.05, 0.1) is 6.54 Å². The fraction of sp³-hybridized carbons (Fsp3) is 0.222. The Morgan fingerprint density at radius 3 is 1.96 bits per heavy atom. The average molecular weight is 331 g/mol. The van der Waals surface area contributed by atoms with Crippen LogP contribution in [-0.4, -0.2) is 25.1 Å². The zero-order chi connectivity index (χ0) is 17.4. The van der Waals surface area contributed by atoms with Gasteiger partial charge in [0.15, 0.2) is 0 Å². The summed E-state index contributed by atoms with van der Waals surface area (Å²) < 4.78 is 20.4. The Balaban J connectivity index is 2.15. The third-order valence-corrected chi connectivity index (χ3v) is 3.30. The molecule has 0 atom stereocenters. The van der Waals surface area contributed by atoms with E-state index >= 15 is 4.39 Å². The van der Waals surface area contributed by atoms with Crippen LogP contribution >= 0.6 is 0 Å². The molecule has 0 aliphatic rings. The van der Waals surface area contributed by atoms with Crippen molar-refractivity contribution in [3.63, 3.8) is 0 Å². The van der Waals surface area contributed by atoms with Crippen LogP contribution in [0.3, 0.4) is 0 Å². The molecule has 0 spiro atoms. The van der Waals surface area contributed by atoms with Gasteiger partial charge < -0.3 is 9.57 Å². The van der Waals surface area contributed by atoms with Crippen LogP contribution in [0.25, 0.3) is 0 Å². The van der Waals surface area contributed by atoms with Gasteiger partial charge in [-0.25, -0.2) is 9.18 Å². The second-order valence-corrected chi connectivity index (χ2v) is 5.01. The van der Waals surface area contributed by atoms with Gasteiger partial charge in [-0.15, -0.1) is 5.48 Å². The van der Waals surface area contributed by atoms with E-state index in [1.165, 1.54) is 31.2 Å². The van der Waals surface area contributed by atoms with Crippen molar-refractivity contribution in [3.8, 4) is 0 Å². The third kappa shape index (κ3) is 4.17. The van der Waals surface area contributed by atoms with Gasteiger partial charge in [0.2, 0.25) is 0 Å². The fourth-order valence-corrected chi connectivity index (χ4v) is 2.16. The molecule has 2 aromatic carbocycles. The van der Waals surface area contributed by atoms with Crippen LogP contribution in [0.4, 0.5) is 4.39 Å². The second kappa shape index (κ2) is 8.21. The van der Waals surface area contributed by atoms with E-state index in [-0.39, 0.29) is 24.3 Å². The Hall–Kier alpha value is -2.73. The van der Waals surface area contributed by atoms with E-state index in [2.05, 4.69) is 5.48 Å². The molecule has 0 aliphatic heterocycles. The summed E-state index contributed by atoms with van der Waals surface area (Å²) >= 11 is 0. The summed E-state index contributed by atoms with van der Waals surface area (Å²) in [4.78, 5) is 27.9. The molecule has 2 aromatic rings. The maximum atomic E-state index is 15.7. The molecule has 24 heavy (non-hydrogen) atoms. The van der Waals surface area contributed by atoms with Crippen molar-refractivity contribution in [3.05, 3.63) is 71.8 Å². The first-order valence-electron chi connectivity index (χ1n) is 7.42. The van der Waals surface area contributed by atoms with E-state index in [0.29, 0.717) is 0 Å². The highest BCUT2D eigenvalue weighted by Crippen LogP contribution is 2.35. The highest BCUT2D eigenvalue weighted by molar-refractivity contribution is 5.85. The largest absolute Gasteiger partial charge is 0.464 e. The van der Waals surface area contributed by atoms with Crippen LogP contribution in [0.1, 0.15) is 18.1 Å². The molecule has 0 bridgehead atoms. The minimum absolute atomic E-state index is 0.0125. The minimum Gasteiger partial charge on any atom is -0.464 e. The Labute approximate surface area is 139 Å².